The topological polar surface area (TPSA) is 35.5 Å². The minimum atomic E-state index is -0.310. The summed E-state index contributed by atoms with van der Waals surface area (Å²) in [5.41, 5.74) is 2.58. The molecule has 0 spiro atoms. The van der Waals surface area contributed by atoms with Gasteiger partial charge in [0.15, 0.2) is 0 Å². The molecule has 4 heteroatoms. The number of ether oxygens (including phenoxy) is 2. The van der Waals surface area contributed by atoms with Crippen molar-refractivity contribution in [3.05, 3.63) is 39.9 Å². The van der Waals surface area contributed by atoms with E-state index in [-0.39, 0.29) is 5.97 Å². The fourth-order valence-corrected chi connectivity index (χ4v) is 2.18. The lowest BCUT2D eigenvalue weighted by atomic mass is 10.1. The first-order valence-electron chi connectivity index (χ1n) is 6.16. The SMILES string of the molecule is CCC(=CCOc1c(C)cc(Cl)cc1C)C(=O)OC. The number of hydrogen-bond acceptors (Lipinski definition) is 3. The van der Waals surface area contributed by atoms with E-state index in [4.69, 9.17) is 16.3 Å². The maximum Gasteiger partial charge on any atom is 0.333 e. The van der Waals surface area contributed by atoms with Gasteiger partial charge in [0.1, 0.15) is 12.4 Å². The Morgan fingerprint density at radius 2 is 1.89 bits per heavy atom. The van der Waals surface area contributed by atoms with E-state index < -0.39 is 0 Å². The first-order chi connectivity index (χ1) is 8.99. The van der Waals surface area contributed by atoms with E-state index in [2.05, 4.69) is 4.74 Å². The van der Waals surface area contributed by atoms with Crippen LogP contribution in [0.2, 0.25) is 5.02 Å². The Hall–Kier alpha value is -1.48. The van der Waals surface area contributed by atoms with Crippen LogP contribution in [0.1, 0.15) is 24.5 Å². The molecule has 0 amide bonds. The fourth-order valence-electron chi connectivity index (χ4n) is 1.85. The number of hydrogen-bond donors (Lipinski definition) is 0. The lowest BCUT2D eigenvalue weighted by Gasteiger charge is -2.11. The van der Waals surface area contributed by atoms with Gasteiger partial charge in [-0.1, -0.05) is 18.5 Å². The number of benzene rings is 1. The Labute approximate surface area is 119 Å². The van der Waals surface area contributed by atoms with E-state index in [1.54, 1.807) is 6.08 Å². The molecule has 0 fully saturated rings. The van der Waals surface area contributed by atoms with E-state index in [0.29, 0.717) is 23.6 Å². The molecule has 0 aromatic heterocycles. The van der Waals surface area contributed by atoms with Gasteiger partial charge in [0.2, 0.25) is 0 Å². The minimum Gasteiger partial charge on any atom is -0.489 e. The van der Waals surface area contributed by atoms with Crippen LogP contribution in [0.25, 0.3) is 0 Å². The second-order valence-corrected chi connectivity index (χ2v) is 4.69. The van der Waals surface area contributed by atoms with Gasteiger partial charge < -0.3 is 9.47 Å². The van der Waals surface area contributed by atoms with Gasteiger partial charge >= 0.3 is 5.97 Å². The number of esters is 1. The summed E-state index contributed by atoms with van der Waals surface area (Å²) in [6, 6.07) is 3.71. The van der Waals surface area contributed by atoms with Crippen LogP contribution in [-0.2, 0) is 9.53 Å². The second kappa shape index (κ2) is 7.19. The molecule has 0 atom stereocenters. The van der Waals surface area contributed by atoms with Crippen molar-refractivity contribution < 1.29 is 14.3 Å². The number of methoxy groups -OCH3 is 1. The highest BCUT2D eigenvalue weighted by Crippen LogP contribution is 2.27. The Morgan fingerprint density at radius 1 is 1.32 bits per heavy atom. The van der Waals surface area contributed by atoms with Gasteiger partial charge in [0.25, 0.3) is 0 Å². The first kappa shape index (κ1) is 15.6. The Morgan fingerprint density at radius 3 is 2.37 bits per heavy atom. The van der Waals surface area contributed by atoms with Crippen LogP contribution in [0.15, 0.2) is 23.8 Å². The van der Waals surface area contributed by atoms with Gasteiger partial charge in [-0.2, -0.15) is 0 Å². The lowest BCUT2D eigenvalue weighted by Crippen LogP contribution is -2.06. The average molecular weight is 283 g/mol. The standard InChI is InChI=1S/C15H19ClO3/c1-5-12(15(17)18-4)6-7-19-14-10(2)8-13(16)9-11(14)3/h6,8-9H,5,7H2,1-4H3. The smallest absolute Gasteiger partial charge is 0.333 e. The number of halogens is 1. The summed E-state index contributed by atoms with van der Waals surface area (Å²) in [6.45, 7) is 6.13. The first-order valence-corrected chi connectivity index (χ1v) is 6.54. The summed E-state index contributed by atoms with van der Waals surface area (Å²) in [5.74, 6) is 0.497. The molecule has 0 aliphatic rings. The van der Waals surface area contributed by atoms with Gasteiger partial charge in [-0.05, 0) is 49.6 Å². The van der Waals surface area contributed by atoms with Gasteiger partial charge in [-0.15, -0.1) is 0 Å². The third kappa shape index (κ3) is 4.28. The van der Waals surface area contributed by atoms with Gasteiger partial charge in [-0.3, -0.25) is 0 Å². The van der Waals surface area contributed by atoms with Crippen molar-refractivity contribution in [3.63, 3.8) is 0 Å². The zero-order valence-corrected chi connectivity index (χ0v) is 12.5. The normalized spacial score (nSPS) is 11.3. The monoisotopic (exact) mass is 282 g/mol. The summed E-state index contributed by atoms with van der Waals surface area (Å²) < 4.78 is 10.4. The van der Waals surface area contributed by atoms with Gasteiger partial charge in [0, 0.05) is 10.6 Å². The zero-order valence-electron chi connectivity index (χ0n) is 11.7. The highest BCUT2D eigenvalue weighted by Gasteiger charge is 2.08. The minimum absolute atomic E-state index is 0.310. The average Bonchev–Trinajstić information content (AvgIpc) is 2.36. The summed E-state index contributed by atoms with van der Waals surface area (Å²) in [6.07, 6.45) is 2.37. The number of carbonyl (C=O) groups is 1. The maximum absolute atomic E-state index is 11.4. The van der Waals surface area contributed by atoms with Crippen LogP contribution in [0.4, 0.5) is 0 Å². The highest BCUT2D eigenvalue weighted by molar-refractivity contribution is 6.30. The zero-order chi connectivity index (χ0) is 14.4. The van der Waals surface area contributed by atoms with Crippen molar-refractivity contribution in [2.24, 2.45) is 0 Å². The van der Waals surface area contributed by atoms with Crippen molar-refractivity contribution in [1.29, 1.82) is 0 Å². The molecule has 1 rings (SSSR count). The van der Waals surface area contributed by atoms with Crippen LogP contribution in [0.5, 0.6) is 5.75 Å². The third-order valence-corrected chi connectivity index (χ3v) is 3.03. The Balaban J connectivity index is 2.77. The number of rotatable bonds is 5. The quantitative estimate of drug-likeness (QED) is 0.608. The van der Waals surface area contributed by atoms with Gasteiger partial charge in [0.05, 0.1) is 7.11 Å². The summed E-state index contributed by atoms with van der Waals surface area (Å²) in [4.78, 5) is 11.4. The van der Waals surface area contributed by atoms with E-state index in [1.165, 1.54) is 7.11 Å². The van der Waals surface area contributed by atoms with Crippen molar-refractivity contribution in [2.75, 3.05) is 13.7 Å². The van der Waals surface area contributed by atoms with Crippen LogP contribution >= 0.6 is 11.6 Å². The lowest BCUT2D eigenvalue weighted by molar-refractivity contribution is -0.136. The molecular weight excluding hydrogens is 264 g/mol. The van der Waals surface area contributed by atoms with E-state index in [1.807, 2.05) is 32.9 Å². The molecule has 0 unspecified atom stereocenters. The Kier molecular flexibility index (Phi) is 5.90. The van der Waals surface area contributed by atoms with Crippen molar-refractivity contribution in [1.82, 2.24) is 0 Å². The van der Waals surface area contributed by atoms with Crippen LogP contribution in [0, 0.1) is 13.8 Å². The molecule has 1 aromatic carbocycles. The molecule has 0 N–H and O–H groups in total. The summed E-state index contributed by atoms with van der Waals surface area (Å²) in [5, 5.41) is 0.696. The summed E-state index contributed by atoms with van der Waals surface area (Å²) >= 11 is 5.96. The molecule has 0 heterocycles. The number of aryl methyl sites for hydroxylation is 2. The molecule has 0 aliphatic heterocycles. The van der Waals surface area contributed by atoms with Crippen LogP contribution in [0.3, 0.4) is 0 Å². The largest absolute Gasteiger partial charge is 0.489 e. The molecule has 0 saturated carbocycles. The molecule has 3 nitrogen and oxygen atoms in total. The predicted octanol–water partition coefficient (Wildman–Crippen LogP) is 3.85. The van der Waals surface area contributed by atoms with Crippen molar-refractivity contribution in [3.8, 4) is 5.75 Å². The van der Waals surface area contributed by atoms with Crippen LogP contribution < -0.4 is 4.74 Å². The van der Waals surface area contributed by atoms with E-state index in [9.17, 15) is 4.79 Å². The molecular formula is C15H19ClO3. The predicted molar refractivity (Wildman–Crippen MR) is 76.8 cm³/mol. The molecule has 19 heavy (non-hydrogen) atoms. The van der Waals surface area contributed by atoms with Crippen LogP contribution in [-0.4, -0.2) is 19.7 Å². The third-order valence-electron chi connectivity index (χ3n) is 2.81. The summed E-state index contributed by atoms with van der Waals surface area (Å²) in [7, 11) is 1.38. The number of carbonyl (C=O) groups excluding carboxylic acids is 1. The van der Waals surface area contributed by atoms with E-state index >= 15 is 0 Å². The molecule has 104 valence electrons. The second-order valence-electron chi connectivity index (χ2n) is 4.25. The highest BCUT2D eigenvalue weighted by atomic mass is 35.5. The van der Waals surface area contributed by atoms with Crippen molar-refractivity contribution >= 4 is 17.6 Å². The van der Waals surface area contributed by atoms with Crippen molar-refractivity contribution in [2.45, 2.75) is 27.2 Å². The molecule has 0 saturated heterocycles. The molecule has 0 radical (unpaired) electrons. The van der Waals surface area contributed by atoms with Gasteiger partial charge in [-0.25, -0.2) is 4.79 Å². The Bertz CT molecular complexity index is 469. The molecule has 1 aromatic rings. The molecule has 0 aliphatic carbocycles. The maximum atomic E-state index is 11.4. The van der Waals surface area contributed by atoms with E-state index in [0.717, 1.165) is 16.9 Å². The fraction of sp³-hybridized carbons (Fsp3) is 0.400. The molecule has 0 bridgehead atoms.